The molecular weight excluding hydrogens is 404 g/mol. The Morgan fingerprint density at radius 2 is 1.94 bits per heavy atom. The van der Waals surface area contributed by atoms with E-state index >= 15 is 0 Å². The first-order valence-corrected chi connectivity index (χ1v) is 9.60. The minimum Gasteiger partial charge on any atom is -0.465 e. The van der Waals surface area contributed by atoms with E-state index in [2.05, 4.69) is 15.2 Å². The number of carbonyl (C=O) groups is 2. The van der Waals surface area contributed by atoms with Gasteiger partial charge < -0.3 is 24.7 Å². The molecule has 10 heteroatoms. The van der Waals surface area contributed by atoms with Crippen LogP contribution in [0.3, 0.4) is 0 Å². The minimum absolute atomic E-state index is 0.119. The van der Waals surface area contributed by atoms with E-state index in [1.54, 1.807) is 18.2 Å². The van der Waals surface area contributed by atoms with Crippen molar-refractivity contribution in [1.82, 2.24) is 4.98 Å². The van der Waals surface area contributed by atoms with Crippen LogP contribution in [0, 0.1) is 10.1 Å². The zero-order valence-corrected chi connectivity index (χ0v) is 16.7. The van der Waals surface area contributed by atoms with Crippen molar-refractivity contribution in [2.45, 2.75) is 0 Å². The maximum Gasteiger partial charge on any atom is 0.340 e. The highest BCUT2D eigenvalue weighted by Gasteiger charge is 2.21. The number of nitrogens with one attached hydrogen (secondary N) is 2. The second-order valence-corrected chi connectivity index (χ2v) is 6.96. The molecule has 10 nitrogen and oxygen atoms in total. The van der Waals surface area contributed by atoms with Crippen molar-refractivity contribution >= 4 is 39.8 Å². The predicted molar refractivity (Wildman–Crippen MR) is 114 cm³/mol. The number of aromatic nitrogens is 1. The van der Waals surface area contributed by atoms with Crippen molar-refractivity contribution in [2.24, 2.45) is 0 Å². The SMILES string of the molecule is COC(=O)c1cc(N2CCOCC2)ccc1NC(=O)c1c[nH]c2ccc([N+](=O)[O-])cc12. The first-order chi connectivity index (χ1) is 15.0. The van der Waals surface area contributed by atoms with Gasteiger partial charge in [0, 0.05) is 48.0 Å². The smallest absolute Gasteiger partial charge is 0.340 e. The number of morpholine rings is 1. The summed E-state index contributed by atoms with van der Waals surface area (Å²) in [5.41, 5.74) is 2.02. The first kappa shape index (κ1) is 20.4. The molecular formula is C21H20N4O6. The van der Waals surface area contributed by atoms with Gasteiger partial charge in [0.2, 0.25) is 0 Å². The zero-order valence-electron chi connectivity index (χ0n) is 16.7. The molecule has 1 fully saturated rings. The van der Waals surface area contributed by atoms with Gasteiger partial charge in [-0.1, -0.05) is 0 Å². The number of benzene rings is 2. The number of non-ortho nitro benzene ring substituents is 1. The fourth-order valence-electron chi connectivity index (χ4n) is 3.54. The van der Waals surface area contributed by atoms with Gasteiger partial charge in [-0.05, 0) is 24.3 Å². The van der Waals surface area contributed by atoms with Crippen LogP contribution in [0.2, 0.25) is 0 Å². The Bertz CT molecular complexity index is 1170. The Kier molecular flexibility index (Phi) is 5.54. The predicted octanol–water partition coefficient (Wildman–Crippen LogP) is 2.95. The van der Waals surface area contributed by atoms with E-state index in [0.717, 1.165) is 5.69 Å². The number of rotatable bonds is 5. The number of nitrogens with zero attached hydrogens (tertiary/aromatic N) is 2. The van der Waals surface area contributed by atoms with E-state index in [-0.39, 0.29) is 22.5 Å². The lowest BCUT2D eigenvalue weighted by atomic mass is 10.1. The largest absolute Gasteiger partial charge is 0.465 e. The highest BCUT2D eigenvalue weighted by atomic mass is 16.6. The van der Waals surface area contributed by atoms with Gasteiger partial charge in [-0.25, -0.2) is 4.79 Å². The fraction of sp³-hybridized carbons (Fsp3) is 0.238. The van der Waals surface area contributed by atoms with Crippen LogP contribution < -0.4 is 10.2 Å². The van der Waals surface area contributed by atoms with Gasteiger partial charge in [0.1, 0.15) is 0 Å². The lowest BCUT2D eigenvalue weighted by Crippen LogP contribution is -2.36. The molecule has 4 rings (SSSR count). The van der Waals surface area contributed by atoms with Gasteiger partial charge >= 0.3 is 5.97 Å². The number of nitro groups is 1. The molecule has 0 saturated carbocycles. The summed E-state index contributed by atoms with van der Waals surface area (Å²) < 4.78 is 10.2. The molecule has 0 unspecified atom stereocenters. The van der Waals surface area contributed by atoms with Gasteiger partial charge in [-0.2, -0.15) is 0 Å². The van der Waals surface area contributed by atoms with E-state index in [9.17, 15) is 19.7 Å². The van der Waals surface area contributed by atoms with E-state index < -0.39 is 16.8 Å². The Labute approximate surface area is 176 Å². The number of H-pyrrole nitrogens is 1. The number of hydrogen-bond donors (Lipinski definition) is 2. The van der Waals surface area contributed by atoms with Crippen LogP contribution in [0.4, 0.5) is 17.1 Å². The molecule has 1 saturated heterocycles. The average molecular weight is 424 g/mol. The minimum atomic E-state index is -0.583. The highest BCUT2D eigenvalue weighted by molar-refractivity contribution is 6.14. The van der Waals surface area contributed by atoms with E-state index in [1.807, 2.05) is 6.07 Å². The van der Waals surface area contributed by atoms with Crippen LogP contribution in [0.15, 0.2) is 42.6 Å². The van der Waals surface area contributed by atoms with Crippen LogP contribution in [0.1, 0.15) is 20.7 Å². The summed E-state index contributed by atoms with van der Waals surface area (Å²) in [5.74, 6) is -1.09. The molecule has 0 atom stereocenters. The topological polar surface area (TPSA) is 127 Å². The first-order valence-electron chi connectivity index (χ1n) is 9.60. The molecule has 0 bridgehead atoms. The second-order valence-electron chi connectivity index (χ2n) is 6.96. The summed E-state index contributed by atoms with van der Waals surface area (Å²) in [6.45, 7) is 2.58. The molecule has 2 aromatic carbocycles. The fourth-order valence-corrected chi connectivity index (χ4v) is 3.54. The molecule has 3 aromatic rings. The van der Waals surface area contributed by atoms with Gasteiger partial charge in [0.15, 0.2) is 0 Å². The molecule has 2 heterocycles. The number of ether oxygens (including phenoxy) is 2. The van der Waals surface area contributed by atoms with Gasteiger partial charge in [0.05, 0.1) is 42.1 Å². The molecule has 1 amide bonds. The molecule has 0 aliphatic carbocycles. The maximum atomic E-state index is 12.9. The number of fused-ring (bicyclic) bond motifs is 1. The molecule has 160 valence electrons. The quantitative estimate of drug-likeness (QED) is 0.366. The standard InChI is InChI=1S/C21H20N4O6/c1-30-21(27)16-10-13(24-6-8-31-9-7-24)2-5-19(16)23-20(26)17-12-22-18-4-3-14(25(28)29)11-15(17)18/h2-5,10-12,22H,6-9H2,1H3,(H,23,26). The monoisotopic (exact) mass is 424 g/mol. The van der Waals surface area contributed by atoms with Crippen molar-refractivity contribution in [3.63, 3.8) is 0 Å². The molecule has 0 radical (unpaired) electrons. The highest BCUT2D eigenvalue weighted by Crippen LogP contribution is 2.28. The number of hydrogen-bond acceptors (Lipinski definition) is 7. The molecule has 1 aromatic heterocycles. The van der Waals surface area contributed by atoms with Gasteiger partial charge in [-0.3, -0.25) is 14.9 Å². The van der Waals surface area contributed by atoms with Crippen molar-refractivity contribution in [1.29, 1.82) is 0 Å². The maximum absolute atomic E-state index is 12.9. The van der Waals surface area contributed by atoms with Crippen molar-refractivity contribution in [3.05, 3.63) is 63.8 Å². The number of amides is 1. The zero-order chi connectivity index (χ0) is 22.0. The third-order valence-electron chi connectivity index (χ3n) is 5.15. The number of esters is 1. The average Bonchev–Trinajstić information content (AvgIpc) is 3.22. The Hall–Kier alpha value is -3.92. The number of methoxy groups -OCH3 is 1. The van der Waals surface area contributed by atoms with Gasteiger partial charge in [0.25, 0.3) is 11.6 Å². The lowest BCUT2D eigenvalue weighted by Gasteiger charge is -2.29. The van der Waals surface area contributed by atoms with Crippen LogP contribution >= 0.6 is 0 Å². The van der Waals surface area contributed by atoms with Crippen LogP contribution in [0.25, 0.3) is 10.9 Å². The summed E-state index contributed by atoms with van der Waals surface area (Å²) in [7, 11) is 1.27. The number of aromatic amines is 1. The molecule has 1 aliphatic rings. The van der Waals surface area contributed by atoms with Crippen molar-refractivity contribution in [3.8, 4) is 0 Å². The third kappa shape index (κ3) is 4.05. The molecule has 2 N–H and O–H groups in total. The van der Waals surface area contributed by atoms with Crippen LogP contribution in [-0.2, 0) is 9.47 Å². The normalized spacial score (nSPS) is 13.8. The summed E-state index contributed by atoms with van der Waals surface area (Å²) in [5, 5.41) is 14.2. The second kappa shape index (κ2) is 8.44. The number of anilines is 2. The number of carbonyl (C=O) groups excluding carboxylic acids is 2. The molecule has 31 heavy (non-hydrogen) atoms. The Balaban J connectivity index is 1.66. The summed E-state index contributed by atoms with van der Waals surface area (Å²) >= 11 is 0. The molecule has 0 spiro atoms. The van der Waals surface area contributed by atoms with E-state index in [1.165, 1.54) is 25.4 Å². The van der Waals surface area contributed by atoms with Gasteiger partial charge in [-0.15, -0.1) is 0 Å². The van der Waals surface area contributed by atoms with Crippen molar-refractivity contribution in [2.75, 3.05) is 43.6 Å². The number of nitro benzene ring substituents is 1. The van der Waals surface area contributed by atoms with E-state index in [4.69, 9.17) is 9.47 Å². The van der Waals surface area contributed by atoms with Crippen molar-refractivity contribution < 1.29 is 24.0 Å². The van der Waals surface area contributed by atoms with Crippen LogP contribution in [-0.4, -0.2) is 55.2 Å². The Morgan fingerprint density at radius 3 is 2.65 bits per heavy atom. The third-order valence-corrected chi connectivity index (χ3v) is 5.15. The molecule has 1 aliphatic heterocycles. The summed E-state index contributed by atoms with van der Waals surface area (Å²) in [4.78, 5) is 40.9. The van der Waals surface area contributed by atoms with E-state index in [0.29, 0.717) is 37.2 Å². The summed E-state index contributed by atoms with van der Waals surface area (Å²) in [6, 6.07) is 9.37. The Morgan fingerprint density at radius 1 is 1.16 bits per heavy atom. The lowest BCUT2D eigenvalue weighted by molar-refractivity contribution is -0.384. The van der Waals surface area contributed by atoms with Crippen LogP contribution in [0.5, 0.6) is 0 Å². The summed E-state index contributed by atoms with van der Waals surface area (Å²) in [6.07, 6.45) is 1.48.